The molecule has 2 amide bonds. The van der Waals surface area contributed by atoms with E-state index in [0.29, 0.717) is 37.4 Å². The molecule has 1 aliphatic rings. The predicted octanol–water partition coefficient (Wildman–Crippen LogP) is 1.91. The smallest absolute Gasteiger partial charge is 0.296 e. The average Bonchev–Trinajstić information content (AvgIpc) is 3.26. The minimum absolute atomic E-state index is 0.111. The van der Waals surface area contributed by atoms with Crippen LogP contribution in [-0.4, -0.2) is 51.2 Å². The molecular weight excluding hydrogens is 370 g/mol. The number of nitrogens with zero attached hydrogens (tertiary/aromatic N) is 3. The first kappa shape index (κ1) is 20.6. The molecule has 0 bridgehead atoms. The summed E-state index contributed by atoms with van der Waals surface area (Å²) in [7, 11) is 0. The van der Waals surface area contributed by atoms with Crippen LogP contribution in [0.15, 0.2) is 4.52 Å². The highest BCUT2D eigenvalue weighted by Gasteiger charge is 2.30. The van der Waals surface area contributed by atoms with Crippen molar-refractivity contribution in [2.24, 2.45) is 0 Å². The predicted molar refractivity (Wildman–Crippen MR) is 107 cm³/mol. The molecular formula is C21H27N5O3. The molecule has 1 unspecified atom stereocenters. The number of aromatic nitrogens is 3. The molecule has 8 nitrogen and oxygen atoms in total. The Balaban J connectivity index is 1.81. The number of aromatic amines is 1. The topological polar surface area (TPSA) is 104 Å². The number of amides is 2. The molecule has 29 heavy (non-hydrogen) atoms. The fraction of sp³-hybridized carbons (Fsp3) is 0.524. The normalized spacial score (nSPS) is 16.3. The molecule has 2 aromatic heterocycles. The summed E-state index contributed by atoms with van der Waals surface area (Å²) in [6.07, 6.45) is 2.83. The van der Waals surface area contributed by atoms with Crippen LogP contribution >= 0.6 is 0 Å². The molecule has 0 aliphatic carbocycles. The van der Waals surface area contributed by atoms with Gasteiger partial charge >= 0.3 is 0 Å². The molecule has 3 heterocycles. The Labute approximate surface area is 170 Å². The van der Waals surface area contributed by atoms with Gasteiger partial charge in [-0.2, -0.15) is 5.10 Å². The van der Waals surface area contributed by atoms with Crippen LogP contribution in [-0.2, 0) is 17.6 Å². The minimum atomic E-state index is -0.312. The Morgan fingerprint density at radius 3 is 2.79 bits per heavy atom. The zero-order valence-corrected chi connectivity index (χ0v) is 17.4. The van der Waals surface area contributed by atoms with Crippen LogP contribution in [0, 0.1) is 25.7 Å². The number of rotatable bonds is 5. The van der Waals surface area contributed by atoms with E-state index in [9.17, 15) is 9.59 Å². The van der Waals surface area contributed by atoms with E-state index in [0.717, 1.165) is 35.4 Å². The maximum atomic E-state index is 13.2. The summed E-state index contributed by atoms with van der Waals surface area (Å²) in [6, 6.07) is -0.111. The number of aryl methyl sites for hydroxylation is 3. The second kappa shape index (κ2) is 8.95. The van der Waals surface area contributed by atoms with Crippen molar-refractivity contribution in [3.05, 3.63) is 34.0 Å². The maximum Gasteiger partial charge on any atom is 0.296 e. The number of carbonyl (C=O) groups is 2. The van der Waals surface area contributed by atoms with Crippen molar-refractivity contribution < 1.29 is 14.1 Å². The number of carbonyl (C=O) groups excluding carboxylic acids is 2. The van der Waals surface area contributed by atoms with Crippen LogP contribution < -0.4 is 5.32 Å². The third-order valence-corrected chi connectivity index (χ3v) is 5.31. The van der Waals surface area contributed by atoms with E-state index in [2.05, 4.69) is 32.5 Å². The van der Waals surface area contributed by atoms with Gasteiger partial charge in [-0.3, -0.25) is 14.7 Å². The van der Waals surface area contributed by atoms with E-state index in [1.54, 1.807) is 11.8 Å². The van der Waals surface area contributed by atoms with Crippen LogP contribution in [0.3, 0.4) is 0 Å². The monoisotopic (exact) mass is 397 g/mol. The molecule has 0 aromatic carbocycles. The van der Waals surface area contributed by atoms with Gasteiger partial charge in [0.05, 0.1) is 5.69 Å². The van der Waals surface area contributed by atoms with Gasteiger partial charge in [-0.15, -0.1) is 0 Å². The van der Waals surface area contributed by atoms with Gasteiger partial charge in [0.1, 0.15) is 5.76 Å². The Morgan fingerprint density at radius 2 is 2.14 bits per heavy atom. The quantitative estimate of drug-likeness (QED) is 0.750. The number of H-pyrrole nitrogens is 1. The Morgan fingerprint density at radius 1 is 1.34 bits per heavy atom. The SMILES string of the molecule is CC#CC(=O)NC1CCCN(C(=O)c2noc(CC)c2Cc2c(C)n[nH]c2C)C1. The van der Waals surface area contributed by atoms with E-state index >= 15 is 0 Å². The van der Waals surface area contributed by atoms with Crippen molar-refractivity contribution in [2.75, 3.05) is 13.1 Å². The van der Waals surface area contributed by atoms with Crippen LogP contribution in [0.25, 0.3) is 0 Å². The number of likely N-dealkylation sites (tertiary alicyclic amines) is 1. The second-order valence-corrected chi connectivity index (χ2v) is 7.31. The molecule has 1 atom stereocenters. The van der Waals surface area contributed by atoms with Crippen molar-refractivity contribution in [1.82, 2.24) is 25.6 Å². The lowest BCUT2D eigenvalue weighted by Gasteiger charge is -2.32. The molecule has 0 spiro atoms. The highest BCUT2D eigenvalue weighted by molar-refractivity contribution is 5.95. The standard InChI is InChI=1S/C21H27N5O3/c1-5-8-19(27)22-15-9-7-10-26(12-15)21(28)20-17(18(6-2)29-25-20)11-16-13(3)23-24-14(16)4/h15H,6-7,9-12H2,1-4H3,(H,22,27)(H,23,24). The zero-order valence-electron chi connectivity index (χ0n) is 17.4. The summed E-state index contributed by atoms with van der Waals surface area (Å²) in [5, 5.41) is 14.2. The fourth-order valence-electron chi connectivity index (χ4n) is 3.75. The third kappa shape index (κ3) is 4.50. The van der Waals surface area contributed by atoms with Crippen LogP contribution in [0.5, 0.6) is 0 Å². The van der Waals surface area contributed by atoms with Crippen molar-refractivity contribution in [1.29, 1.82) is 0 Å². The number of hydrogen-bond acceptors (Lipinski definition) is 5. The number of nitrogens with one attached hydrogen (secondary N) is 2. The fourth-order valence-corrected chi connectivity index (χ4v) is 3.75. The van der Waals surface area contributed by atoms with Gasteiger partial charge in [0.2, 0.25) is 0 Å². The van der Waals surface area contributed by atoms with E-state index in [1.165, 1.54) is 0 Å². The summed E-state index contributed by atoms with van der Waals surface area (Å²) in [4.78, 5) is 26.8. The third-order valence-electron chi connectivity index (χ3n) is 5.31. The average molecular weight is 397 g/mol. The van der Waals surface area contributed by atoms with Gasteiger partial charge in [0, 0.05) is 48.8 Å². The molecule has 1 aliphatic heterocycles. The molecule has 1 fully saturated rings. The van der Waals surface area contributed by atoms with E-state index in [-0.39, 0.29) is 17.9 Å². The van der Waals surface area contributed by atoms with Gasteiger partial charge in [-0.05, 0) is 39.5 Å². The highest BCUT2D eigenvalue weighted by atomic mass is 16.5. The van der Waals surface area contributed by atoms with Crippen molar-refractivity contribution in [3.8, 4) is 11.8 Å². The van der Waals surface area contributed by atoms with E-state index in [4.69, 9.17) is 4.52 Å². The highest BCUT2D eigenvalue weighted by Crippen LogP contribution is 2.24. The second-order valence-electron chi connectivity index (χ2n) is 7.31. The van der Waals surface area contributed by atoms with Crippen molar-refractivity contribution >= 4 is 11.8 Å². The van der Waals surface area contributed by atoms with Gasteiger partial charge in [-0.1, -0.05) is 18.0 Å². The van der Waals surface area contributed by atoms with Crippen LogP contribution in [0.2, 0.25) is 0 Å². The molecule has 0 saturated carbocycles. The van der Waals surface area contributed by atoms with E-state index in [1.807, 2.05) is 20.8 Å². The van der Waals surface area contributed by atoms with Gasteiger partial charge in [-0.25, -0.2) is 0 Å². The minimum Gasteiger partial charge on any atom is -0.360 e. The van der Waals surface area contributed by atoms with E-state index < -0.39 is 0 Å². The molecule has 8 heteroatoms. The summed E-state index contributed by atoms with van der Waals surface area (Å²) in [6.45, 7) is 8.57. The maximum absolute atomic E-state index is 13.2. The van der Waals surface area contributed by atoms with Gasteiger partial charge in [0.25, 0.3) is 11.8 Å². The molecule has 2 N–H and O–H groups in total. The first-order chi connectivity index (χ1) is 13.9. The Hall–Kier alpha value is -3.08. The Bertz CT molecular complexity index is 943. The van der Waals surface area contributed by atoms with Crippen molar-refractivity contribution in [2.45, 2.75) is 59.4 Å². The molecule has 154 valence electrons. The summed E-state index contributed by atoms with van der Waals surface area (Å²) < 4.78 is 5.49. The summed E-state index contributed by atoms with van der Waals surface area (Å²) >= 11 is 0. The Kier molecular flexibility index (Phi) is 6.37. The lowest BCUT2D eigenvalue weighted by atomic mass is 9.99. The first-order valence-electron chi connectivity index (χ1n) is 9.94. The molecule has 1 saturated heterocycles. The first-order valence-corrected chi connectivity index (χ1v) is 9.94. The molecule has 3 rings (SSSR count). The molecule has 2 aromatic rings. The lowest BCUT2D eigenvalue weighted by Crippen LogP contribution is -2.49. The zero-order chi connectivity index (χ0) is 21.0. The molecule has 0 radical (unpaired) electrons. The van der Waals surface area contributed by atoms with Crippen LogP contribution in [0.4, 0.5) is 0 Å². The van der Waals surface area contributed by atoms with Crippen LogP contribution in [0.1, 0.15) is 65.5 Å². The summed E-state index contributed by atoms with van der Waals surface area (Å²) in [5.41, 5.74) is 4.10. The number of piperidine rings is 1. The number of hydrogen-bond donors (Lipinski definition) is 2. The largest absolute Gasteiger partial charge is 0.360 e. The lowest BCUT2D eigenvalue weighted by molar-refractivity contribution is -0.116. The van der Waals surface area contributed by atoms with Crippen molar-refractivity contribution in [3.63, 3.8) is 0 Å². The van der Waals surface area contributed by atoms with Gasteiger partial charge < -0.3 is 14.7 Å². The van der Waals surface area contributed by atoms with Gasteiger partial charge in [0.15, 0.2) is 5.69 Å². The summed E-state index contributed by atoms with van der Waals surface area (Å²) in [5.74, 6) is 5.32.